The molecule has 0 saturated heterocycles. The molecule has 0 radical (unpaired) electrons. The van der Waals surface area contributed by atoms with E-state index in [-0.39, 0.29) is 5.92 Å². The quantitative estimate of drug-likeness (QED) is 0.930. The Hall–Kier alpha value is -2.30. The number of hydrogen-bond donors (Lipinski definition) is 1. The number of benzene rings is 1. The van der Waals surface area contributed by atoms with E-state index in [1.54, 1.807) is 7.11 Å². The average Bonchev–Trinajstić information content (AvgIpc) is 2.90. The topological polar surface area (TPSA) is 64.4 Å². The summed E-state index contributed by atoms with van der Waals surface area (Å²) in [4.78, 5) is 15.6. The number of carboxylic acid groups (broad SMARTS) is 1. The molecule has 0 fully saturated rings. The van der Waals surface area contributed by atoms with E-state index in [0.717, 1.165) is 29.3 Å². The van der Waals surface area contributed by atoms with Gasteiger partial charge < -0.3 is 14.4 Å². The molecule has 0 amide bonds. The molecule has 1 aromatic heterocycles. The summed E-state index contributed by atoms with van der Waals surface area (Å²) < 4.78 is 7.24. The zero-order valence-electron chi connectivity index (χ0n) is 11.2. The highest BCUT2D eigenvalue weighted by Gasteiger charge is 2.26. The van der Waals surface area contributed by atoms with Crippen LogP contribution in [0.1, 0.15) is 12.1 Å². The standard InChI is InChI=1S/C15H16N2O3/c1-20-13-4-2-3-10(7-13)14-16-8-12-6-5-11(15(18)19)9-17(12)14/h2-4,7-8,11H,5-6,9H2,1H3,(H,18,19). The lowest BCUT2D eigenvalue weighted by molar-refractivity contribution is -0.142. The van der Waals surface area contributed by atoms with E-state index in [9.17, 15) is 9.90 Å². The highest BCUT2D eigenvalue weighted by Crippen LogP contribution is 2.28. The largest absolute Gasteiger partial charge is 0.497 e. The molecule has 2 aromatic rings. The second kappa shape index (κ2) is 5.00. The maximum Gasteiger partial charge on any atom is 0.308 e. The Labute approximate surface area is 116 Å². The van der Waals surface area contributed by atoms with Crippen LogP contribution >= 0.6 is 0 Å². The van der Waals surface area contributed by atoms with Gasteiger partial charge in [0.05, 0.1) is 13.0 Å². The summed E-state index contributed by atoms with van der Waals surface area (Å²) in [6, 6.07) is 7.67. The van der Waals surface area contributed by atoms with Crippen LogP contribution in [0.25, 0.3) is 11.4 Å². The number of fused-ring (bicyclic) bond motifs is 1. The zero-order valence-corrected chi connectivity index (χ0v) is 11.2. The average molecular weight is 272 g/mol. The van der Waals surface area contributed by atoms with Crippen LogP contribution in [0.2, 0.25) is 0 Å². The van der Waals surface area contributed by atoms with E-state index < -0.39 is 5.97 Å². The number of aryl methyl sites for hydroxylation is 1. The summed E-state index contributed by atoms with van der Waals surface area (Å²) >= 11 is 0. The summed E-state index contributed by atoms with van der Waals surface area (Å²) in [5.41, 5.74) is 2.04. The summed E-state index contributed by atoms with van der Waals surface area (Å²) in [5, 5.41) is 9.19. The Kier molecular flexibility index (Phi) is 3.18. The number of rotatable bonds is 3. The number of carboxylic acids is 1. The predicted molar refractivity (Wildman–Crippen MR) is 73.7 cm³/mol. The van der Waals surface area contributed by atoms with Crippen molar-refractivity contribution in [3.63, 3.8) is 0 Å². The first-order valence-electron chi connectivity index (χ1n) is 6.60. The molecule has 0 spiro atoms. The minimum Gasteiger partial charge on any atom is -0.497 e. The van der Waals surface area contributed by atoms with Crippen LogP contribution in [-0.4, -0.2) is 27.7 Å². The molecule has 0 saturated carbocycles. The number of carbonyl (C=O) groups is 1. The van der Waals surface area contributed by atoms with Gasteiger partial charge in [-0.2, -0.15) is 0 Å². The van der Waals surface area contributed by atoms with Gasteiger partial charge in [-0.1, -0.05) is 12.1 Å². The molecule has 0 bridgehead atoms. The van der Waals surface area contributed by atoms with Crippen molar-refractivity contribution in [1.29, 1.82) is 0 Å². The molecule has 1 N–H and O–H groups in total. The third-order valence-corrected chi connectivity index (χ3v) is 3.77. The van der Waals surface area contributed by atoms with E-state index >= 15 is 0 Å². The van der Waals surface area contributed by atoms with Crippen LogP contribution in [0.4, 0.5) is 0 Å². The Bertz CT molecular complexity index is 648. The van der Waals surface area contributed by atoms with Crippen LogP contribution < -0.4 is 4.74 Å². The Morgan fingerprint density at radius 2 is 2.35 bits per heavy atom. The molecular formula is C15H16N2O3. The summed E-state index contributed by atoms with van der Waals surface area (Å²) in [6.07, 6.45) is 3.28. The first-order valence-corrected chi connectivity index (χ1v) is 6.60. The number of imidazole rings is 1. The lowest BCUT2D eigenvalue weighted by Gasteiger charge is -2.22. The summed E-state index contributed by atoms with van der Waals surface area (Å²) in [5.74, 6) is 0.511. The van der Waals surface area contributed by atoms with Crippen LogP contribution in [0.3, 0.4) is 0 Å². The molecule has 20 heavy (non-hydrogen) atoms. The summed E-state index contributed by atoms with van der Waals surface area (Å²) in [6.45, 7) is 0.483. The fourth-order valence-electron chi connectivity index (χ4n) is 2.64. The van der Waals surface area contributed by atoms with E-state index in [2.05, 4.69) is 4.98 Å². The second-order valence-electron chi connectivity index (χ2n) is 4.99. The van der Waals surface area contributed by atoms with Crippen molar-refractivity contribution in [2.45, 2.75) is 19.4 Å². The minimum atomic E-state index is -0.735. The van der Waals surface area contributed by atoms with Crippen molar-refractivity contribution >= 4 is 5.97 Å². The molecule has 1 aliphatic rings. The Morgan fingerprint density at radius 3 is 3.10 bits per heavy atom. The minimum absolute atomic E-state index is 0.332. The molecule has 5 heteroatoms. The first kappa shape index (κ1) is 12.7. The SMILES string of the molecule is COc1cccc(-c2ncc3n2CC(C(=O)O)CC3)c1. The van der Waals surface area contributed by atoms with Crippen LogP contribution in [0.15, 0.2) is 30.5 Å². The fraction of sp³-hybridized carbons (Fsp3) is 0.333. The molecule has 1 unspecified atom stereocenters. The molecule has 2 heterocycles. The van der Waals surface area contributed by atoms with Crippen molar-refractivity contribution in [2.75, 3.05) is 7.11 Å². The van der Waals surface area contributed by atoms with Gasteiger partial charge in [0, 0.05) is 24.0 Å². The number of nitrogens with zero attached hydrogens (tertiary/aromatic N) is 2. The van der Waals surface area contributed by atoms with Crippen molar-refractivity contribution < 1.29 is 14.6 Å². The Morgan fingerprint density at radius 1 is 1.50 bits per heavy atom. The van der Waals surface area contributed by atoms with E-state index in [4.69, 9.17) is 4.74 Å². The van der Waals surface area contributed by atoms with Crippen LogP contribution in [0, 0.1) is 5.92 Å². The van der Waals surface area contributed by atoms with Gasteiger partial charge in [0.2, 0.25) is 0 Å². The van der Waals surface area contributed by atoms with Crippen molar-refractivity contribution in [1.82, 2.24) is 9.55 Å². The highest BCUT2D eigenvalue weighted by atomic mass is 16.5. The number of hydrogen-bond acceptors (Lipinski definition) is 3. The van der Waals surface area contributed by atoms with Gasteiger partial charge in [0.25, 0.3) is 0 Å². The highest BCUT2D eigenvalue weighted by molar-refractivity contribution is 5.70. The smallest absolute Gasteiger partial charge is 0.308 e. The van der Waals surface area contributed by atoms with Crippen molar-refractivity contribution in [3.05, 3.63) is 36.2 Å². The van der Waals surface area contributed by atoms with Crippen molar-refractivity contribution in [3.8, 4) is 17.1 Å². The Balaban J connectivity index is 2.00. The number of aliphatic carboxylic acids is 1. The second-order valence-corrected chi connectivity index (χ2v) is 4.99. The lowest BCUT2D eigenvalue weighted by Crippen LogP contribution is -2.26. The lowest BCUT2D eigenvalue weighted by atomic mass is 9.98. The fourth-order valence-corrected chi connectivity index (χ4v) is 2.64. The normalized spacial score (nSPS) is 17.6. The number of ether oxygens (including phenoxy) is 1. The molecular weight excluding hydrogens is 256 g/mol. The third kappa shape index (κ3) is 2.15. The molecule has 1 aliphatic heterocycles. The van der Waals surface area contributed by atoms with Gasteiger partial charge in [-0.3, -0.25) is 4.79 Å². The molecule has 0 aliphatic carbocycles. The third-order valence-electron chi connectivity index (χ3n) is 3.77. The predicted octanol–water partition coefficient (Wildman–Crippen LogP) is 2.21. The summed E-state index contributed by atoms with van der Waals surface area (Å²) in [7, 11) is 1.63. The molecule has 1 aromatic carbocycles. The van der Waals surface area contributed by atoms with Gasteiger partial charge in [0.1, 0.15) is 11.6 Å². The number of methoxy groups -OCH3 is 1. The van der Waals surface area contributed by atoms with Crippen molar-refractivity contribution in [2.24, 2.45) is 5.92 Å². The van der Waals surface area contributed by atoms with Gasteiger partial charge in [-0.05, 0) is 25.0 Å². The van der Waals surface area contributed by atoms with E-state index in [1.165, 1.54) is 0 Å². The van der Waals surface area contributed by atoms with Gasteiger partial charge in [-0.25, -0.2) is 4.98 Å². The van der Waals surface area contributed by atoms with Gasteiger partial charge >= 0.3 is 5.97 Å². The zero-order chi connectivity index (χ0) is 14.1. The van der Waals surface area contributed by atoms with Gasteiger partial charge in [-0.15, -0.1) is 0 Å². The van der Waals surface area contributed by atoms with E-state index in [1.807, 2.05) is 35.0 Å². The monoisotopic (exact) mass is 272 g/mol. The molecule has 3 rings (SSSR count). The van der Waals surface area contributed by atoms with E-state index in [0.29, 0.717) is 13.0 Å². The molecule has 104 valence electrons. The number of aromatic nitrogens is 2. The molecule has 5 nitrogen and oxygen atoms in total. The van der Waals surface area contributed by atoms with Crippen LogP contribution in [0.5, 0.6) is 5.75 Å². The maximum atomic E-state index is 11.2. The first-order chi connectivity index (χ1) is 9.69. The maximum absolute atomic E-state index is 11.2. The molecule has 1 atom stereocenters. The van der Waals surface area contributed by atoms with Gasteiger partial charge in [0.15, 0.2) is 0 Å². The van der Waals surface area contributed by atoms with Crippen LogP contribution in [-0.2, 0) is 17.8 Å².